The molecule has 1 N–H and O–H groups in total. The van der Waals surface area contributed by atoms with Gasteiger partial charge in [-0.15, -0.1) is 0 Å². The molecule has 0 aromatic heterocycles. The summed E-state index contributed by atoms with van der Waals surface area (Å²) in [5.41, 5.74) is -0.196. The summed E-state index contributed by atoms with van der Waals surface area (Å²) in [4.78, 5) is 22.2. The van der Waals surface area contributed by atoms with Gasteiger partial charge in [-0.2, -0.15) is 0 Å². The molecule has 16 heavy (non-hydrogen) atoms. The van der Waals surface area contributed by atoms with Crippen LogP contribution in [0.25, 0.3) is 0 Å². The molecule has 1 aliphatic carbocycles. The van der Waals surface area contributed by atoms with Gasteiger partial charge in [-0.25, -0.2) is 4.39 Å². The highest BCUT2D eigenvalue weighted by molar-refractivity contribution is 6.35. The molecule has 0 heterocycles. The minimum atomic E-state index is -0.659. The van der Waals surface area contributed by atoms with Crippen molar-refractivity contribution in [3.63, 3.8) is 0 Å². The SMILES string of the molecule is CC(=O)C(=O)NC1(c2ccccc2F)CC1. The second-order valence-corrected chi connectivity index (χ2v) is 4.07. The van der Waals surface area contributed by atoms with Gasteiger partial charge in [0.1, 0.15) is 5.82 Å². The van der Waals surface area contributed by atoms with E-state index in [1.807, 2.05) is 0 Å². The standard InChI is InChI=1S/C12H12FNO2/c1-8(15)11(16)14-12(6-7-12)9-4-2-3-5-10(9)13/h2-5H,6-7H2,1H3,(H,14,16). The molecule has 1 aliphatic rings. The molecular weight excluding hydrogens is 209 g/mol. The Morgan fingerprint density at radius 3 is 2.44 bits per heavy atom. The molecule has 1 aromatic rings. The number of nitrogens with one attached hydrogen (secondary N) is 1. The zero-order valence-electron chi connectivity index (χ0n) is 8.92. The molecule has 0 bridgehead atoms. The predicted octanol–water partition coefficient (Wildman–Crippen LogP) is 1.52. The van der Waals surface area contributed by atoms with Gasteiger partial charge in [-0.05, 0) is 18.9 Å². The Kier molecular flexibility index (Phi) is 2.50. The fourth-order valence-corrected chi connectivity index (χ4v) is 1.74. The summed E-state index contributed by atoms with van der Waals surface area (Å²) >= 11 is 0. The van der Waals surface area contributed by atoms with Crippen LogP contribution in [0.3, 0.4) is 0 Å². The van der Waals surface area contributed by atoms with Crippen molar-refractivity contribution in [3.8, 4) is 0 Å². The molecule has 1 saturated carbocycles. The highest BCUT2D eigenvalue weighted by atomic mass is 19.1. The van der Waals surface area contributed by atoms with Crippen molar-refractivity contribution >= 4 is 11.7 Å². The molecule has 0 spiro atoms. The molecule has 0 atom stereocenters. The van der Waals surface area contributed by atoms with E-state index in [1.165, 1.54) is 13.0 Å². The minimum Gasteiger partial charge on any atom is -0.340 e. The molecular formula is C12H12FNO2. The topological polar surface area (TPSA) is 46.2 Å². The number of benzene rings is 1. The van der Waals surface area contributed by atoms with Gasteiger partial charge in [0.05, 0.1) is 5.54 Å². The number of rotatable bonds is 3. The number of Topliss-reactive ketones (excluding diaryl/α,β-unsaturated/α-hetero) is 1. The van der Waals surface area contributed by atoms with Gasteiger partial charge < -0.3 is 5.32 Å². The lowest BCUT2D eigenvalue weighted by Crippen LogP contribution is -2.38. The predicted molar refractivity (Wildman–Crippen MR) is 56.1 cm³/mol. The Morgan fingerprint density at radius 2 is 1.94 bits per heavy atom. The van der Waals surface area contributed by atoms with E-state index >= 15 is 0 Å². The maximum Gasteiger partial charge on any atom is 0.287 e. The molecule has 0 radical (unpaired) electrons. The Morgan fingerprint density at radius 1 is 1.31 bits per heavy atom. The summed E-state index contributed by atoms with van der Waals surface area (Å²) in [5.74, 6) is -1.55. The van der Waals surface area contributed by atoms with Crippen molar-refractivity contribution in [1.29, 1.82) is 0 Å². The molecule has 3 nitrogen and oxygen atoms in total. The van der Waals surface area contributed by atoms with Crippen molar-refractivity contribution in [1.82, 2.24) is 5.32 Å². The molecule has 2 rings (SSSR count). The summed E-state index contributed by atoms with van der Waals surface area (Å²) in [6.45, 7) is 1.20. The van der Waals surface area contributed by atoms with Crippen LogP contribution in [-0.2, 0) is 15.1 Å². The van der Waals surface area contributed by atoms with Gasteiger partial charge in [0.2, 0.25) is 5.78 Å². The number of carbonyl (C=O) groups excluding carboxylic acids is 2. The third-order valence-electron chi connectivity index (χ3n) is 2.81. The average molecular weight is 221 g/mol. The van der Waals surface area contributed by atoms with Gasteiger partial charge in [-0.1, -0.05) is 18.2 Å². The van der Waals surface area contributed by atoms with Crippen LogP contribution >= 0.6 is 0 Å². The molecule has 0 aliphatic heterocycles. The maximum absolute atomic E-state index is 13.5. The molecule has 0 unspecified atom stereocenters. The van der Waals surface area contributed by atoms with Crippen molar-refractivity contribution in [2.45, 2.75) is 25.3 Å². The summed E-state index contributed by atoms with van der Waals surface area (Å²) in [7, 11) is 0. The second-order valence-electron chi connectivity index (χ2n) is 4.07. The third kappa shape index (κ3) is 1.83. The van der Waals surface area contributed by atoms with E-state index in [1.54, 1.807) is 18.2 Å². The zero-order chi connectivity index (χ0) is 11.8. The number of hydrogen-bond donors (Lipinski definition) is 1. The number of hydrogen-bond acceptors (Lipinski definition) is 2. The summed E-state index contributed by atoms with van der Waals surface area (Å²) in [6, 6.07) is 6.32. The molecule has 4 heteroatoms. The van der Waals surface area contributed by atoms with E-state index in [-0.39, 0.29) is 5.82 Å². The molecule has 84 valence electrons. The van der Waals surface area contributed by atoms with E-state index in [0.717, 1.165) is 0 Å². The van der Waals surface area contributed by atoms with E-state index < -0.39 is 17.2 Å². The summed E-state index contributed by atoms with van der Waals surface area (Å²) in [5, 5.41) is 2.60. The minimum absolute atomic E-state index is 0.344. The van der Waals surface area contributed by atoms with Crippen LogP contribution in [0.5, 0.6) is 0 Å². The number of ketones is 1. The Balaban J connectivity index is 2.24. The van der Waals surface area contributed by atoms with Gasteiger partial charge in [0.25, 0.3) is 5.91 Å². The van der Waals surface area contributed by atoms with Crippen LogP contribution in [0.15, 0.2) is 24.3 Å². The Labute approximate surface area is 92.7 Å². The van der Waals surface area contributed by atoms with Crippen molar-refractivity contribution in [2.75, 3.05) is 0 Å². The van der Waals surface area contributed by atoms with Gasteiger partial charge in [0.15, 0.2) is 0 Å². The maximum atomic E-state index is 13.5. The summed E-state index contributed by atoms with van der Waals surface area (Å²) in [6.07, 6.45) is 1.35. The van der Waals surface area contributed by atoms with Crippen LogP contribution < -0.4 is 5.32 Å². The number of halogens is 1. The van der Waals surface area contributed by atoms with Gasteiger partial charge in [-0.3, -0.25) is 9.59 Å². The highest BCUT2D eigenvalue weighted by Gasteiger charge is 2.47. The zero-order valence-corrected chi connectivity index (χ0v) is 8.92. The lowest BCUT2D eigenvalue weighted by Gasteiger charge is -2.17. The normalized spacial score (nSPS) is 16.6. The molecule has 0 saturated heterocycles. The second kappa shape index (κ2) is 3.70. The number of carbonyl (C=O) groups is 2. The van der Waals surface area contributed by atoms with E-state index in [0.29, 0.717) is 18.4 Å². The molecule has 1 aromatic carbocycles. The average Bonchev–Trinajstić information content (AvgIpc) is 2.99. The van der Waals surface area contributed by atoms with Gasteiger partial charge in [0, 0.05) is 12.5 Å². The molecule has 1 amide bonds. The van der Waals surface area contributed by atoms with Crippen molar-refractivity contribution in [2.24, 2.45) is 0 Å². The number of amides is 1. The van der Waals surface area contributed by atoms with E-state index in [9.17, 15) is 14.0 Å². The summed E-state index contributed by atoms with van der Waals surface area (Å²) < 4.78 is 13.5. The smallest absolute Gasteiger partial charge is 0.287 e. The van der Waals surface area contributed by atoms with E-state index in [4.69, 9.17) is 0 Å². The highest BCUT2D eigenvalue weighted by Crippen LogP contribution is 2.46. The first kappa shape index (κ1) is 10.8. The Hall–Kier alpha value is -1.71. The first-order valence-corrected chi connectivity index (χ1v) is 5.13. The van der Waals surface area contributed by atoms with E-state index in [2.05, 4.69) is 5.32 Å². The first-order valence-electron chi connectivity index (χ1n) is 5.13. The largest absolute Gasteiger partial charge is 0.340 e. The lowest BCUT2D eigenvalue weighted by molar-refractivity contribution is -0.137. The van der Waals surface area contributed by atoms with Crippen LogP contribution in [0.4, 0.5) is 4.39 Å². The first-order chi connectivity index (χ1) is 7.55. The fraction of sp³-hybridized carbons (Fsp3) is 0.333. The van der Waals surface area contributed by atoms with Crippen LogP contribution in [0.2, 0.25) is 0 Å². The van der Waals surface area contributed by atoms with Crippen LogP contribution in [0.1, 0.15) is 25.3 Å². The third-order valence-corrected chi connectivity index (χ3v) is 2.81. The van der Waals surface area contributed by atoms with Gasteiger partial charge >= 0.3 is 0 Å². The Bertz CT molecular complexity index is 452. The monoisotopic (exact) mass is 221 g/mol. The lowest BCUT2D eigenvalue weighted by atomic mass is 10.0. The van der Waals surface area contributed by atoms with Crippen LogP contribution in [-0.4, -0.2) is 11.7 Å². The quantitative estimate of drug-likeness (QED) is 0.786. The van der Waals surface area contributed by atoms with Crippen LogP contribution in [0, 0.1) is 5.82 Å². The van der Waals surface area contributed by atoms with Crippen molar-refractivity contribution in [3.05, 3.63) is 35.6 Å². The van der Waals surface area contributed by atoms with Crippen molar-refractivity contribution < 1.29 is 14.0 Å². The molecule has 1 fully saturated rings. The fourth-order valence-electron chi connectivity index (χ4n) is 1.74.